The van der Waals surface area contributed by atoms with Crippen molar-refractivity contribution in [1.29, 1.82) is 0 Å². The molecule has 1 aromatic heterocycles. The molecule has 0 radical (unpaired) electrons. The number of benzene rings is 2. The van der Waals surface area contributed by atoms with Gasteiger partial charge in [-0.1, -0.05) is 30.3 Å². The van der Waals surface area contributed by atoms with Crippen LogP contribution in [0.1, 0.15) is 29.9 Å². The Morgan fingerprint density at radius 3 is 2.34 bits per heavy atom. The van der Waals surface area contributed by atoms with Crippen molar-refractivity contribution in [3.05, 3.63) is 47.5 Å². The van der Waals surface area contributed by atoms with E-state index < -0.39 is 26.7 Å². The lowest BCUT2D eigenvalue weighted by atomic mass is 9.80. The Labute approximate surface area is 199 Å². The van der Waals surface area contributed by atoms with E-state index in [0.29, 0.717) is 29.6 Å². The van der Waals surface area contributed by atoms with Crippen molar-refractivity contribution >= 4 is 10.0 Å². The zero-order chi connectivity index (χ0) is 25.0. The number of sulfonamides is 1. The second kappa shape index (κ2) is 8.66. The molecule has 1 saturated carbocycles. The second-order valence-corrected chi connectivity index (χ2v) is 10.5. The molecule has 35 heavy (non-hydrogen) atoms. The van der Waals surface area contributed by atoms with Gasteiger partial charge in [0.1, 0.15) is 4.90 Å². The number of alkyl halides is 3. The van der Waals surface area contributed by atoms with Crippen LogP contribution in [0.2, 0.25) is 0 Å². The summed E-state index contributed by atoms with van der Waals surface area (Å²) in [7, 11) is -2.81. The van der Waals surface area contributed by atoms with E-state index in [1.165, 1.54) is 6.07 Å². The summed E-state index contributed by atoms with van der Waals surface area (Å²) in [6.45, 7) is 1.93. The molecule has 1 aliphatic heterocycles. The van der Waals surface area contributed by atoms with Crippen molar-refractivity contribution in [3.8, 4) is 22.5 Å². The standard InChI is InChI=1S/C22H24F3N7O2S/c1-27-15-8-16(9-15)32-10-14(11-32)12-2-4-13(5-3-12)17-6-7-18(22(23,24)25)20(35(26,33)34)19(17)21-28-30-31-29-21/h2-7,14-16,27H,8-11H2,1H3,(H2,26,33,34)(H,28,29,30,31). The Hall–Kier alpha value is -2.87. The molecule has 0 spiro atoms. The first-order chi connectivity index (χ1) is 16.6. The summed E-state index contributed by atoms with van der Waals surface area (Å²) < 4.78 is 65.7. The van der Waals surface area contributed by atoms with Crippen LogP contribution in [0.15, 0.2) is 41.3 Å². The number of nitrogens with zero attached hydrogens (tertiary/aromatic N) is 4. The van der Waals surface area contributed by atoms with Crippen LogP contribution in [-0.4, -0.2) is 66.2 Å². The van der Waals surface area contributed by atoms with Crippen LogP contribution in [0.5, 0.6) is 0 Å². The van der Waals surface area contributed by atoms with Gasteiger partial charge in [-0.15, -0.1) is 10.2 Å². The number of likely N-dealkylation sites (tertiary alicyclic amines) is 1. The third-order valence-electron chi connectivity index (χ3n) is 6.96. The lowest BCUT2D eigenvalue weighted by Crippen LogP contribution is -2.58. The fourth-order valence-corrected chi connectivity index (χ4v) is 5.89. The number of nitrogens with one attached hydrogen (secondary N) is 2. The highest BCUT2D eigenvalue weighted by Crippen LogP contribution is 2.43. The molecule has 1 saturated heterocycles. The van der Waals surface area contributed by atoms with Crippen molar-refractivity contribution in [2.75, 3.05) is 20.1 Å². The zero-order valence-electron chi connectivity index (χ0n) is 18.7. The molecule has 0 atom stereocenters. The largest absolute Gasteiger partial charge is 0.417 e. The van der Waals surface area contributed by atoms with E-state index in [4.69, 9.17) is 5.14 Å². The monoisotopic (exact) mass is 507 g/mol. The molecule has 4 N–H and O–H groups in total. The third kappa shape index (κ3) is 4.44. The van der Waals surface area contributed by atoms with Crippen LogP contribution in [0, 0.1) is 0 Å². The van der Waals surface area contributed by atoms with Gasteiger partial charge >= 0.3 is 6.18 Å². The summed E-state index contributed by atoms with van der Waals surface area (Å²) >= 11 is 0. The Balaban J connectivity index is 1.47. The van der Waals surface area contributed by atoms with Crippen LogP contribution >= 0.6 is 0 Å². The highest BCUT2D eigenvalue weighted by Gasteiger charge is 2.41. The highest BCUT2D eigenvalue weighted by atomic mass is 32.2. The molecule has 1 aliphatic carbocycles. The van der Waals surface area contributed by atoms with E-state index in [1.807, 2.05) is 19.2 Å². The van der Waals surface area contributed by atoms with Crippen LogP contribution in [0.4, 0.5) is 13.2 Å². The van der Waals surface area contributed by atoms with Gasteiger partial charge in [-0.2, -0.15) is 18.4 Å². The van der Waals surface area contributed by atoms with Crippen molar-refractivity contribution < 1.29 is 21.6 Å². The van der Waals surface area contributed by atoms with Crippen molar-refractivity contribution in [3.63, 3.8) is 0 Å². The van der Waals surface area contributed by atoms with Crippen LogP contribution in [-0.2, 0) is 16.2 Å². The molecule has 5 rings (SSSR count). The molecule has 13 heteroatoms. The predicted octanol–water partition coefficient (Wildman–Crippen LogP) is 2.35. The van der Waals surface area contributed by atoms with Gasteiger partial charge < -0.3 is 5.32 Å². The SMILES string of the molecule is CNC1CC(N2CC(c3ccc(-c4ccc(C(F)(F)F)c(S(N)(=O)=O)c4-c4nn[nH]n4)cc3)C2)C1. The molecule has 0 unspecified atom stereocenters. The minimum absolute atomic E-state index is 0.206. The number of hydrogen-bond donors (Lipinski definition) is 3. The van der Waals surface area contributed by atoms with Crippen LogP contribution < -0.4 is 10.5 Å². The number of nitrogens with two attached hydrogens (primary N) is 1. The van der Waals surface area contributed by atoms with Crippen LogP contribution in [0.3, 0.4) is 0 Å². The summed E-state index contributed by atoms with van der Waals surface area (Å²) in [6.07, 6.45) is -2.64. The molecule has 186 valence electrons. The summed E-state index contributed by atoms with van der Waals surface area (Å²) in [5, 5.41) is 21.6. The average molecular weight is 508 g/mol. The number of aromatic nitrogens is 4. The molecule has 0 amide bonds. The average Bonchev–Trinajstić information content (AvgIpc) is 3.27. The number of H-pyrrole nitrogens is 1. The maximum atomic E-state index is 13.7. The molecule has 3 aromatic rings. The summed E-state index contributed by atoms with van der Waals surface area (Å²) in [5.74, 6) is 0.0798. The van der Waals surface area contributed by atoms with Crippen molar-refractivity contribution in [1.82, 2.24) is 30.8 Å². The van der Waals surface area contributed by atoms with E-state index in [2.05, 4.69) is 30.8 Å². The summed E-state index contributed by atoms with van der Waals surface area (Å²) in [6, 6.07) is 10.5. The minimum Gasteiger partial charge on any atom is -0.317 e. The van der Waals surface area contributed by atoms with E-state index in [0.717, 1.165) is 31.5 Å². The van der Waals surface area contributed by atoms with Gasteiger partial charge in [0.25, 0.3) is 0 Å². The van der Waals surface area contributed by atoms with Gasteiger partial charge in [-0.3, -0.25) is 4.90 Å². The van der Waals surface area contributed by atoms with Gasteiger partial charge in [0.2, 0.25) is 15.8 Å². The predicted molar refractivity (Wildman–Crippen MR) is 122 cm³/mol. The number of tetrazole rings is 1. The van der Waals surface area contributed by atoms with Gasteiger partial charge in [0, 0.05) is 31.1 Å². The molecular weight excluding hydrogens is 483 g/mol. The fraction of sp³-hybridized carbons (Fsp3) is 0.409. The Bertz CT molecular complexity index is 1320. The van der Waals surface area contributed by atoms with Crippen molar-refractivity contribution in [2.45, 2.75) is 41.9 Å². The topological polar surface area (TPSA) is 130 Å². The molecule has 0 bridgehead atoms. The first kappa shape index (κ1) is 23.9. The fourth-order valence-electron chi connectivity index (χ4n) is 4.91. The number of aromatic amines is 1. The lowest BCUT2D eigenvalue weighted by molar-refractivity contribution is -0.139. The maximum Gasteiger partial charge on any atom is 0.417 e. The second-order valence-electron chi connectivity index (χ2n) is 9.03. The van der Waals surface area contributed by atoms with Gasteiger partial charge in [-0.25, -0.2) is 13.6 Å². The normalized spacial score (nSPS) is 21.5. The first-order valence-electron chi connectivity index (χ1n) is 11.1. The van der Waals surface area contributed by atoms with Gasteiger partial charge in [-0.05, 0) is 47.9 Å². The van der Waals surface area contributed by atoms with Gasteiger partial charge in [0.05, 0.1) is 11.1 Å². The molecule has 2 fully saturated rings. The smallest absolute Gasteiger partial charge is 0.317 e. The summed E-state index contributed by atoms with van der Waals surface area (Å²) in [4.78, 5) is 1.39. The summed E-state index contributed by atoms with van der Waals surface area (Å²) in [5.41, 5.74) is 0.111. The minimum atomic E-state index is -4.95. The first-order valence-corrected chi connectivity index (χ1v) is 12.6. The van der Waals surface area contributed by atoms with Gasteiger partial charge in [0.15, 0.2) is 0 Å². The van der Waals surface area contributed by atoms with Crippen molar-refractivity contribution in [2.24, 2.45) is 5.14 Å². The highest BCUT2D eigenvalue weighted by molar-refractivity contribution is 7.89. The molecule has 2 aliphatic rings. The number of hydrogen-bond acceptors (Lipinski definition) is 7. The Kier molecular flexibility index (Phi) is 5.90. The molecule has 9 nitrogen and oxygen atoms in total. The Morgan fingerprint density at radius 1 is 1.11 bits per heavy atom. The molecule has 2 aromatic carbocycles. The number of primary sulfonamides is 1. The van der Waals surface area contributed by atoms with Crippen LogP contribution in [0.25, 0.3) is 22.5 Å². The van der Waals surface area contributed by atoms with E-state index >= 15 is 0 Å². The third-order valence-corrected chi connectivity index (χ3v) is 7.95. The maximum absolute atomic E-state index is 13.7. The number of halogens is 3. The van der Waals surface area contributed by atoms with E-state index in [1.54, 1.807) is 12.1 Å². The number of rotatable bonds is 6. The van der Waals surface area contributed by atoms with E-state index in [-0.39, 0.29) is 17.0 Å². The molecule has 2 heterocycles. The van der Waals surface area contributed by atoms with E-state index in [9.17, 15) is 21.6 Å². The quantitative estimate of drug-likeness (QED) is 0.467. The lowest BCUT2D eigenvalue weighted by Gasteiger charge is -2.50. The zero-order valence-corrected chi connectivity index (χ0v) is 19.6. The molecular formula is C22H24F3N7O2S. The Morgan fingerprint density at radius 2 is 1.80 bits per heavy atom.